The molecule has 1 amide bonds. The lowest BCUT2D eigenvalue weighted by molar-refractivity contribution is -0.137. The van der Waals surface area contributed by atoms with Gasteiger partial charge >= 0.3 is 6.18 Å². The first-order valence-corrected chi connectivity index (χ1v) is 7.37. The van der Waals surface area contributed by atoms with Gasteiger partial charge in [-0.25, -0.2) is 0 Å². The van der Waals surface area contributed by atoms with Crippen molar-refractivity contribution in [3.05, 3.63) is 40.6 Å². The Bertz CT molecular complexity index is 681. The first-order valence-electron chi connectivity index (χ1n) is 6.99. The Labute approximate surface area is 146 Å². The highest BCUT2D eigenvalue weighted by molar-refractivity contribution is 6.31. The normalized spacial score (nSPS) is 11.8. The van der Waals surface area contributed by atoms with E-state index >= 15 is 0 Å². The van der Waals surface area contributed by atoms with Crippen molar-refractivity contribution in [2.75, 3.05) is 31.6 Å². The third-order valence-corrected chi connectivity index (χ3v) is 3.36. The number of rotatable bonds is 7. The van der Waals surface area contributed by atoms with Crippen molar-refractivity contribution in [1.29, 1.82) is 5.26 Å². The number of aliphatic hydroxyl groups is 2. The summed E-state index contributed by atoms with van der Waals surface area (Å²) in [7, 11) is 0. The lowest BCUT2D eigenvalue weighted by Crippen LogP contribution is -2.36. The molecule has 0 fully saturated rings. The Morgan fingerprint density at radius 1 is 1.32 bits per heavy atom. The number of halogens is 4. The summed E-state index contributed by atoms with van der Waals surface area (Å²) in [4.78, 5) is 13.2. The minimum Gasteiger partial charge on any atom is -0.395 e. The molecule has 0 bridgehead atoms. The van der Waals surface area contributed by atoms with E-state index in [0.29, 0.717) is 0 Å². The third-order valence-electron chi connectivity index (χ3n) is 3.03. The van der Waals surface area contributed by atoms with Gasteiger partial charge in [-0.05, 0) is 18.2 Å². The standard InChI is InChI=1S/C15H15ClF3N3O3/c16-13-2-1-11(7-12(13)15(17,18)19)21-9-10(8-20)14(25)22(3-5-23)4-6-24/h1-2,7,9,21,23-24H,3-6H2/b10-9-. The summed E-state index contributed by atoms with van der Waals surface area (Å²) in [6.07, 6.45) is -3.70. The lowest BCUT2D eigenvalue weighted by atomic mass is 10.2. The molecule has 0 saturated heterocycles. The van der Waals surface area contributed by atoms with E-state index in [1.54, 1.807) is 6.07 Å². The molecule has 0 unspecified atom stereocenters. The first-order chi connectivity index (χ1) is 11.7. The molecule has 0 aliphatic rings. The summed E-state index contributed by atoms with van der Waals surface area (Å²) < 4.78 is 38.4. The van der Waals surface area contributed by atoms with Gasteiger partial charge in [-0.2, -0.15) is 18.4 Å². The Morgan fingerprint density at radius 3 is 2.40 bits per heavy atom. The maximum atomic E-state index is 12.8. The van der Waals surface area contributed by atoms with Gasteiger partial charge in [0.25, 0.3) is 5.91 Å². The summed E-state index contributed by atoms with van der Waals surface area (Å²) in [5, 5.41) is 28.8. The number of nitrogens with zero attached hydrogens (tertiary/aromatic N) is 2. The van der Waals surface area contributed by atoms with Crippen LogP contribution in [0.25, 0.3) is 0 Å². The molecule has 0 spiro atoms. The van der Waals surface area contributed by atoms with E-state index in [1.165, 1.54) is 6.07 Å². The van der Waals surface area contributed by atoms with E-state index in [2.05, 4.69) is 5.32 Å². The molecule has 0 aromatic heterocycles. The predicted octanol–water partition coefficient (Wildman–Crippen LogP) is 1.99. The number of benzene rings is 1. The second-order valence-corrected chi connectivity index (χ2v) is 5.15. The fraction of sp³-hybridized carbons (Fsp3) is 0.333. The molecule has 6 nitrogen and oxygen atoms in total. The third kappa shape index (κ3) is 5.94. The van der Waals surface area contributed by atoms with Crippen LogP contribution in [0, 0.1) is 11.3 Å². The van der Waals surface area contributed by atoms with Gasteiger partial charge in [0.1, 0.15) is 11.6 Å². The molecule has 0 aliphatic heterocycles. The first kappa shape index (κ1) is 20.8. The molecular weight excluding hydrogens is 363 g/mol. The number of carbonyl (C=O) groups is 1. The van der Waals surface area contributed by atoms with Crippen molar-refractivity contribution in [1.82, 2.24) is 4.90 Å². The van der Waals surface area contributed by atoms with Gasteiger partial charge in [-0.3, -0.25) is 4.79 Å². The molecule has 1 rings (SSSR count). The topological polar surface area (TPSA) is 96.6 Å². The van der Waals surface area contributed by atoms with Crippen molar-refractivity contribution in [3.63, 3.8) is 0 Å². The zero-order chi connectivity index (χ0) is 19.0. The number of carbonyl (C=O) groups excluding carboxylic acids is 1. The summed E-state index contributed by atoms with van der Waals surface area (Å²) in [5.74, 6) is -0.775. The number of nitrogens with one attached hydrogen (secondary N) is 1. The molecule has 0 radical (unpaired) electrons. The van der Waals surface area contributed by atoms with Gasteiger partial charge < -0.3 is 20.4 Å². The monoisotopic (exact) mass is 377 g/mol. The largest absolute Gasteiger partial charge is 0.417 e. The predicted molar refractivity (Wildman–Crippen MR) is 84.5 cm³/mol. The summed E-state index contributed by atoms with van der Waals surface area (Å²) >= 11 is 5.51. The molecule has 0 atom stereocenters. The summed E-state index contributed by atoms with van der Waals surface area (Å²) in [5.41, 5.74) is -1.47. The minimum atomic E-state index is -4.65. The van der Waals surface area contributed by atoms with Crippen LogP contribution in [0.5, 0.6) is 0 Å². The molecule has 0 saturated carbocycles. The zero-order valence-corrected chi connectivity index (χ0v) is 13.6. The lowest BCUT2D eigenvalue weighted by Gasteiger charge is -2.20. The number of aliphatic hydroxyl groups excluding tert-OH is 2. The average Bonchev–Trinajstić information content (AvgIpc) is 2.55. The van der Waals surface area contributed by atoms with E-state index in [4.69, 9.17) is 27.1 Å². The minimum absolute atomic E-state index is 0.0202. The van der Waals surface area contributed by atoms with Crippen molar-refractivity contribution in [2.45, 2.75) is 6.18 Å². The van der Waals surface area contributed by atoms with Crippen LogP contribution in [0.15, 0.2) is 30.0 Å². The van der Waals surface area contributed by atoms with Crippen molar-refractivity contribution >= 4 is 23.2 Å². The maximum Gasteiger partial charge on any atom is 0.417 e. The fourth-order valence-corrected chi connectivity index (χ4v) is 2.08. The van der Waals surface area contributed by atoms with Crippen LogP contribution in [0.2, 0.25) is 5.02 Å². The number of hydrogen-bond acceptors (Lipinski definition) is 5. The molecule has 0 heterocycles. The SMILES string of the molecule is N#C/C(=C/Nc1ccc(Cl)c(C(F)(F)F)c1)C(=O)N(CCO)CCO. The van der Waals surface area contributed by atoms with Crippen LogP contribution in [0.1, 0.15) is 5.56 Å². The molecule has 136 valence electrons. The van der Waals surface area contributed by atoms with Crippen molar-refractivity contribution in [2.24, 2.45) is 0 Å². The van der Waals surface area contributed by atoms with Crippen LogP contribution >= 0.6 is 11.6 Å². The number of anilines is 1. The quantitative estimate of drug-likeness (QED) is 0.499. The van der Waals surface area contributed by atoms with Crippen molar-refractivity contribution < 1.29 is 28.2 Å². The van der Waals surface area contributed by atoms with E-state index < -0.39 is 28.2 Å². The van der Waals surface area contributed by atoms with Gasteiger partial charge in [0.2, 0.25) is 0 Å². The molecule has 25 heavy (non-hydrogen) atoms. The van der Waals surface area contributed by atoms with E-state index in [0.717, 1.165) is 23.2 Å². The number of nitriles is 1. The van der Waals surface area contributed by atoms with E-state index in [-0.39, 0.29) is 32.0 Å². The van der Waals surface area contributed by atoms with E-state index in [9.17, 15) is 18.0 Å². The smallest absolute Gasteiger partial charge is 0.395 e. The number of amides is 1. The Hall–Kier alpha value is -2.28. The molecular formula is C15H15ClF3N3O3. The number of hydrogen-bond donors (Lipinski definition) is 3. The average molecular weight is 378 g/mol. The molecule has 10 heteroatoms. The van der Waals surface area contributed by atoms with Gasteiger partial charge in [-0.15, -0.1) is 0 Å². The van der Waals surface area contributed by atoms with Crippen molar-refractivity contribution in [3.8, 4) is 6.07 Å². The van der Waals surface area contributed by atoms with Gasteiger partial charge in [-0.1, -0.05) is 11.6 Å². The molecule has 1 aromatic carbocycles. The molecule has 3 N–H and O–H groups in total. The van der Waals surface area contributed by atoms with Crippen LogP contribution in [0.4, 0.5) is 18.9 Å². The van der Waals surface area contributed by atoms with Gasteiger partial charge in [0.15, 0.2) is 0 Å². The molecule has 0 aliphatic carbocycles. The number of alkyl halides is 3. The zero-order valence-electron chi connectivity index (χ0n) is 12.8. The second kappa shape index (κ2) is 9.27. The highest BCUT2D eigenvalue weighted by Crippen LogP contribution is 2.36. The van der Waals surface area contributed by atoms with Crippen LogP contribution < -0.4 is 5.32 Å². The summed E-state index contributed by atoms with van der Waals surface area (Å²) in [6, 6.07) is 4.67. The van der Waals surface area contributed by atoms with Gasteiger partial charge in [0, 0.05) is 25.0 Å². The second-order valence-electron chi connectivity index (χ2n) is 4.75. The fourth-order valence-electron chi connectivity index (χ4n) is 1.86. The Balaban J connectivity index is 3.01. The van der Waals surface area contributed by atoms with Gasteiger partial charge in [0.05, 0.1) is 23.8 Å². The maximum absolute atomic E-state index is 12.8. The molecule has 1 aromatic rings. The van der Waals surface area contributed by atoms with Crippen LogP contribution in [-0.2, 0) is 11.0 Å². The van der Waals surface area contributed by atoms with Crippen LogP contribution in [0.3, 0.4) is 0 Å². The van der Waals surface area contributed by atoms with E-state index in [1.807, 2.05) is 0 Å². The highest BCUT2D eigenvalue weighted by atomic mass is 35.5. The highest BCUT2D eigenvalue weighted by Gasteiger charge is 2.33. The summed E-state index contributed by atoms with van der Waals surface area (Å²) in [6.45, 7) is -0.941. The Kier molecular flexibility index (Phi) is 7.70. The van der Waals surface area contributed by atoms with Crippen LogP contribution in [-0.4, -0.2) is 47.3 Å². The Morgan fingerprint density at radius 2 is 1.92 bits per heavy atom.